The fourth-order valence-electron chi connectivity index (χ4n) is 3.05. The van der Waals surface area contributed by atoms with Crippen molar-refractivity contribution in [3.8, 4) is 0 Å². The van der Waals surface area contributed by atoms with Gasteiger partial charge < -0.3 is 19.6 Å². The average Bonchev–Trinajstić information content (AvgIpc) is 2.47. The summed E-state index contributed by atoms with van der Waals surface area (Å²) in [6.07, 6.45) is 4.42. The Bertz CT molecular complexity index is 355. The molecule has 0 aromatic carbocycles. The predicted octanol–water partition coefficient (Wildman–Crippen LogP) is 1.40. The van der Waals surface area contributed by atoms with Gasteiger partial charge in [0, 0.05) is 32.7 Å². The molecule has 6 nitrogen and oxygen atoms in total. The van der Waals surface area contributed by atoms with Gasteiger partial charge in [-0.15, -0.1) is 0 Å². The molecule has 2 fully saturated rings. The molecule has 0 aliphatic carbocycles. The lowest BCUT2D eigenvalue weighted by Gasteiger charge is -2.37. The summed E-state index contributed by atoms with van der Waals surface area (Å²) in [5, 5.41) is 9.23. The van der Waals surface area contributed by atoms with Crippen molar-refractivity contribution in [3.63, 3.8) is 0 Å². The smallest absolute Gasteiger partial charge is 0.326 e. The van der Waals surface area contributed by atoms with Gasteiger partial charge in [0.1, 0.15) is 6.04 Å². The Kier molecular flexibility index (Phi) is 5.23. The van der Waals surface area contributed by atoms with Gasteiger partial charge in [0.2, 0.25) is 0 Å². The minimum atomic E-state index is -0.896. The maximum Gasteiger partial charge on any atom is 0.326 e. The van der Waals surface area contributed by atoms with Gasteiger partial charge in [0.25, 0.3) is 0 Å². The summed E-state index contributed by atoms with van der Waals surface area (Å²) in [4.78, 5) is 26.8. The van der Waals surface area contributed by atoms with Gasteiger partial charge in [-0.3, -0.25) is 0 Å². The molecule has 0 bridgehead atoms. The Morgan fingerprint density at radius 2 is 2.10 bits per heavy atom. The second-order valence-electron chi connectivity index (χ2n) is 5.79. The molecule has 20 heavy (non-hydrogen) atoms. The van der Waals surface area contributed by atoms with Crippen molar-refractivity contribution in [3.05, 3.63) is 0 Å². The van der Waals surface area contributed by atoms with E-state index in [9.17, 15) is 14.7 Å². The number of rotatable bonds is 3. The van der Waals surface area contributed by atoms with E-state index in [-0.39, 0.29) is 6.03 Å². The van der Waals surface area contributed by atoms with Crippen molar-refractivity contribution in [2.24, 2.45) is 5.92 Å². The van der Waals surface area contributed by atoms with Crippen LogP contribution in [0.4, 0.5) is 4.79 Å². The molecular formula is C14H24N2O4. The van der Waals surface area contributed by atoms with Gasteiger partial charge in [0.15, 0.2) is 0 Å². The van der Waals surface area contributed by atoms with Crippen LogP contribution in [-0.4, -0.2) is 66.3 Å². The maximum absolute atomic E-state index is 12.4. The fourth-order valence-corrected chi connectivity index (χ4v) is 3.05. The normalized spacial score (nSPS) is 27.1. The SMILES string of the molecule is CN(CC1CCCOC1)C(=O)N1CCCCC1C(=O)O. The highest BCUT2D eigenvalue weighted by atomic mass is 16.5. The van der Waals surface area contributed by atoms with Crippen molar-refractivity contribution in [2.75, 3.05) is 33.4 Å². The Hall–Kier alpha value is -1.30. The fraction of sp³-hybridized carbons (Fsp3) is 0.857. The summed E-state index contributed by atoms with van der Waals surface area (Å²) in [5.41, 5.74) is 0. The summed E-state index contributed by atoms with van der Waals surface area (Å²) >= 11 is 0. The first-order valence-corrected chi connectivity index (χ1v) is 7.42. The Labute approximate surface area is 119 Å². The molecule has 0 aromatic heterocycles. The van der Waals surface area contributed by atoms with Crippen LogP contribution in [0.15, 0.2) is 0 Å². The average molecular weight is 284 g/mol. The van der Waals surface area contributed by atoms with Crippen LogP contribution in [0, 0.1) is 5.92 Å². The first-order chi connectivity index (χ1) is 9.59. The molecule has 6 heteroatoms. The molecule has 2 saturated heterocycles. The third-order valence-electron chi connectivity index (χ3n) is 4.15. The molecule has 0 aromatic rings. The van der Waals surface area contributed by atoms with Gasteiger partial charge in [-0.05, 0) is 32.1 Å². The quantitative estimate of drug-likeness (QED) is 0.850. The van der Waals surface area contributed by atoms with E-state index in [0.717, 1.165) is 32.3 Å². The van der Waals surface area contributed by atoms with E-state index in [1.807, 2.05) is 0 Å². The molecule has 2 atom stereocenters. The monoisotopic (exact) mass is 284 g/mol. The van der Waals surface area contributed by atoms with Crippen molar-refractivity contribution in [2.45, 2.75) is 38.1 Å². The van der Waals surface area contributed by atoms with E-state index >= 15 is 0 Å². The Morgan fingerprint density at radius 3 is 2.75 bits per heavy atom. The number of carbonyl (C=O) groups excluding carboxylic acids is 1. The molecule has 114 valence electrons. The summed E-state index contributed by atoms with van der Waals surface area (Å²) in [5.74, 6) is -0.529. The molecule has 2 unspecified atom stereocenters. The van der Waals surface area contributed by atoms with E-state index in [4.69, 9.17) is 4.74 Å². The van der Waals surface area contributed by atoms with Crippen LogP contribution in [-0.2, 0) is 9.53 Å². The third kappa shape index (κ3) is 3.62. The number of piperidine rings is 1. The van der Waals surface area contributed by atoms with Crippen LogP contribution in [0.5, 0.6) is 0 Å². The second-order valence-corrected chi connectivity index (χ2v) is 5.79. The topological polar surface area (TPSA) is 70.1 Å². The number of urea groups is 1. The largest absolute Gasteiger partial charge is 0.480 e. The van der Waals surface area contributed by atoms with Crippen molar-refractivity contribution >= 4 is 12.0 Å². The highest BCUT2D eigenvalue weighted by molar-refractivity contribution is 5.82. The Balaban J connectivity index is 1.92. The molecule has 0 radical (unpaired) electrons. The summed E-state index contributed by atoms with van der Waals surface area (Å²) < 4.78 is 5.42. The van der Waals surface area contributed by atoms with E-state index < -0.39 is 12.0 Å². The number of hydrogen-bond donors (Lipinski definition) is 1. The van der Waals surface area contributed by atoms with Crippen LogP contribution in [0.3, 0.4) is 0 Å². The zero-order chi connectivity index (χ0) is 14.5. The van der Waals surface area contributed by atoms with E-state index in [1.54, 1.807) is 11.9 Å². The molecule has 2 amide bonds. The minimum Gasteiger partial charge on any atom is -0.480 e. The lowest BCUT2D eigenvalue weighted by Crippen LogP contribution is -2.53. The second kappa shape index (κ2) is 6.92. The number of aliphatic carboxylic acids is 1. The number of hydrogen-bond acceptors (Lipinski definition) is 3. The molecular weight excluding hydrogens is 260 g/mol. The van der Waals surface area contributed by atoms with Crippen LogP contribution in [0.25, 0.3) is 0 Å². The van der Waals surface area contributed by atoms with Crippen LogP contribution in [0.1, 0.15) is 32.1 Å². The number of likely N-dealkylation sites (tertiary alicyclic amines) is 1. The van der Waals surface area contributed by atoms with Gasteiger partial charge in [-0.25, -0.2) is 9.59 Å². The lowest BCUT2D eigenvalue weighted by molar-refractivity contribution is -0.143. The number of carboxylic acid groups (broad SMARTS) is 1. The van der Waals surface area contributed by atoms with Crippen LogP contribution in [0.2, 0.25) is 0 Å². The number of carbonyl (C=O) groups is 2. The van der Waals surface area contributed by atoms with Gasteiger partial charge >= 0.3 is 12.0 Å². The van der Waals surface area contributed by atoms with Crippen molar-refractivity contribution < 1.29 is 19.4 Å². The molecule has 0 spiro atoms. The molecule has 2 rings (SSSR count). The van der Waals surface area contributed by atoms with Gasteiger partial charge in [0.05, 0.1) is 6.61 Å². The molecule has 2 heterocycles. The van der Waals surface area contributed by atoms with Crippen molar-refractivity contribution in [1.82, 2.24) is 9.80 Å². The third-order valence-corrected chi connectivity index (χ3v) is 4.15. The zero-order valence-electron chi connectivity index (χ0n) is 12.1. The molecule has 0 saturated carbocycles. The van der Waals surface area contributed by atoms with Crippen LogP contribution >= 0.6 is 0 Å². The van der Waals surface area contributed by atoms with Crippen LogP contribution < -0.4 is 0 Å². The van der Waals surface area contributed by atoms with E-state index in [1.165, 1.54) is 4.90 Å². The Morgan fingerprint density at radius 1 is 1.30 bits per heavy atom. The number of carboxylic acids is 1. The first-order valence-electron chi connectivity index (χ1n) is 7.42. The highest BCUT2D eigenvalue weighted by Gasteiger charge is 2.34. The number of amides is 2. The standard InChI is InChI=1S/C14H24N2O4/c1-15(9-11-5-4-8-20-10-11)14(19)16-7-3-2-6-12(16)13(17)18/h11-12H,2-10H2,1H3,(H,17,18). The summed E-state index contributed by atoms with van der Waals surface area (Å²) in [6.45, 7) is 2.68. The molecule has 2 aliphatic heterocycles. The first kappa shape index (κ1) is 15.1. The van der Waals surface area contributed by atoms with E-state index in [0.29, 0.717) is 32.0 Å². The summed E-state index contributed by atoms with van der Waals surface area (Å²) in [7, 11) is 1.75. The number of ether oxygens (including phenoxy) is 1. The molecule has 1 N–H and O–H groups in total. The van der Waals surface area contributed by atoms with E-state index in [2.05, 4.69) is 0 Å². The molecule has 2 aliphatic rings. The highest BCUT2D eigenvalue weighted by Crippen LogP contribution is 2.20. The zero-order valence-corrected chi connectivity index (χ0v) is 12.1. The predicted molar refractivity (Wildman–Crippen MR) is 73.5 cm³/mol. The maximum atomic E-state index is 12.4. The lowest BCUT2D eigenvalue weighted by atomic mass is 10.0. The minimum absolute atomic E-state index is 0.164. The summed E-state index contributed by atoms with van der Waals surface area (Å²) in [6, 6.07) is -0.830. The van der Waals surface area contributed by atoms with Gasteiger partial charge in [-0.2, -0.15) is 0 Å². The number of nitrogens with zero attached hydrogens (tertiary/aromatic N) is 2. The van der Waals surface area contributed by atoms with Gasteiger partial charge in [-0.1, -0.05) is 0 Å². The van der Waals surface area contributed by atoms with Crippen molar-refractivity contribution in [1.29, 1.82) is 0 Å².